The van der Waals surface area contributed by atoms with Gasteiger partial charge in [-0.25, -0.2) is 4.39 Å². The van der Waals surface area contributed by atoms with Gasteiger partial charge in [0, 0.05) is 45.3 Å². The SMILES string of the molecule is CCNC(=O)c1ccc(CNC(=NC)NCC(c2ccc(F)cc2)N2CCOCC2)cc1. The molecule has 8 heteroatoms. The molecule has 1 saturated heterocycles. The molecule has 3 N–H and O–H groups in total. The van der Waals surface area contributed by atoms with Crippen LogP contribution in [-0.4, -0.2) is 63.2 Å². The third-order valence-corrected chi connectivity index (χ3v) is 5.44. The summed E-state index contributed by atoms with van der Waals surface area (Å²) in [5.74, 6) is 0.371. The highest BCUT2D eigenvalue weighted by molar-refractivity contribution is 5.94. The van der Waals surface area contributed by atoms with E-state index < -0.39 is 0 Å². The Labute approximate surface area is 189 Å². The van der Waals surface area contributed by atoms with Crippen molar-refractivity contribution in [3.63, 3.8) is 0 Å². The minimum absolute atomic E-state index is 0.0700. The van der Waals surface area contributed by atoms with Crippen LogP contribution in [-0.2, 0) is 11.3 Å². The molecule has 0 aliphatic carbocycles. The maximum absolute atomic E-state index is 13.4. The number of nitrogens with one attached hydrogen (secondary N) is 3. The number of aliphatic imine (C=N–C) groups is 1. The van der Waals surface area contributed by atoms with Gasteiger partial charge in [0.1, 0.15) is 5.82 Å². The lowest BCUT2D eigenvalue weighted by Gasteiger charge is -2.35. The van der Waals surface area contributed by atoms with Gasteiger partial charge in [0.2, 0.25) is 0 Å². The van der Waals surface area contributed by atoms with Gasteiger partial charge in [0.25, 0.3) is 5.91 Å². The number of amides is 1. The van der Waals surface area contributed by atoms with Gasteiger partial charge >= 0.3 is 0 Å². The Morgan fingerprint density at radius 1 is 1.06 bits per heavy atom. The Balaban J connectivity index is 1.58. The summed E-state index contributed by atoms with van der Waals surface area (Å²) in [7, 11) is 1.73. The minimum atomic E-state index is -0.238. The number of morpholine rings is 1. The molecule has 1 unspecified atom stereocenters. The van der Waals surface area contributed by atoms with Crippen molar-refractivity contribution in [2.75, 3.05) is 46.4 Å². The average molecular weight is 442 g/mol. The molecule has 0 aromatic heterocycles. The molecule has 0 radical (unpaired) electrons. The smallest absolute Gasteiger partial charge is 0.251 e. The monoisotopic (exact) mass is 441 g/mol. The van der Waals surface area contributed by atoms with Crippen molar-refractivity contribution in [2.24, 2.45) is 4.99 Å². The first-order valence-corrected chi connectivity index (χ1v) is 11.0. The van der Waals surface area contributed by atoms with Gasteiger partial charge in [-0.3, -0.25) is 14.7 Å². The summed E-state index contributed by atoms with van der Waals surface area (Å²) in [6.45, 7) is 6.74. The van der Waals surface area contributed by atoms with E-state index in [0.717, 1.165) is 24.2 Å². The van der Waals surface area contributed by atoms with Crippen LogP contribution in [0.2, 0.25) is 0 Å². The normalized spacial score (nSPS) is 15.8. The van der Waals surface area contributed by atoms with E-state index in [1.165, 1.54) is 12.1 Å². The molecule has 172 valence electrons. The van der Waals surface area contributed by atoms with Gasteiger partial charge in [0.15, 0.2) is 5.96 Å². The zero-order valence-electron chi connectivity index (χ0n) is 18.7. The van der Waals surface area contributed by atoms with Crippen molar-refractivity contribution >= 4 is 11.9 Å². The lowest BCUT2D eigenvalue weighted by Crippen LogP contribution is -2.46. The number of carbonyl (C=O) groups excluding carboxylic acids is 1. The summed E-state index contributed by atoms with van der Waals surface area (Å²) in [5.41, 5.74) is 2.74. The molecular weight excluding hydrogens is 409 g/mol. The maximum Gasteiger partial charge on any atom is 0.251 e. The van der Waals surface area contributed by atoms with Gasteiger partial charge in [-0.1, -0.05) is 24.3 Å². The van der Waals surface area contributed by atoms with E-state index in [1.807, 2.05) is 43.3 Å². The predicted molar refractivity (Wildman–Crippen MR) is 124 cm³/mol. The third-order valence-electron chi connectivity index (χ3n) is 5.44. The Morgan fingerprint density at radius 3 is 2.38 bits per heavy atom. The molecule has 1 aliphatic heterocycles. The molecule has 2 aromatic rings. The molecule has 7 nitrogen and oxygen atoms in total. The Hall–Kier alpha value is -2.97. The van der Waals surface area contributed by atoms with E-state index in [4.69, 9.17) is 4.74 Å². The molecule has 3 rings (SSSR count). The number of hydrogen-bond acceptors (Lipinski definition) is 4. The molecule has 0 bridgehead atoms. The Bertz CT molecular complexity index is 880. The van der Waals surface area contributed by atoms with E-state index in [-0.39, 0.29) is 17.8 Å². The molecular formula is C24H32FN5O2. The van der Waals surface area contributed by atoms with Crippen LogP contribution in [0.1, 0.15) is 34.5 Å². The molecule has 1 amide bonds. The van der Waals surface area contributed by atoms with E-state index >= 15 is 0 Å². The molecule has 1 fully saturated rings. The fourth-order valence-electron chi connectivity index (χ4n) is 3.67. The van der Waals surface area contributed by atoms with Gasteiger partial charge < -0.3 is 20.7 Å². The van der Waals surface area contributed by atoms with Crippen LogP contribution in [0.4, 0.5) is 4.39 Å². The molecule has 1 atom stereocenters. The number of halogens is 1. The van der Waals surface area contributed by atoms with Crippen LogP contribution in [0.25, 0.3) is 0 Å². The van der Waals surface area contributed by atoms with Crippen molar-refractivity contribution in [3.8, 4) is 0 Å². The van der Waals surface area contributed by atoms with E-state index in [9.17, 15) is 9.18 Å². The molecule has 32 heavy (non-hydrogen) atoms. The van der Waals surface area contributed by atoms with Crippen LogP contribution in [0.3, 0.4) is 0 Å². The van der Waals surface area contributed by atoms with Gasteiger partial charge in [0.05, 0.1) is 19.3 Å². The standard InChI is InChI=1S/C24H32FN5O2/c1-3-27-23(31)20-6-4-18(5-7-20)16-28-24(26-2)29-17-22(30-12-14-32-15-13-30)19-8-10-21(25)11-9-19/h4-11,22H,3,12-17H2,1-2H3,(H,27,31)(H2,26,28,29). The summed E-state index contributed by atoms with van der Waals surface area (Å²) in [6, 6.07) is 14.3. The number of guanidine groups is 1. The Kier molecular flexibility index (Phi) is 9.01. The van der Waals surface area contributed by atoms with E-state index in [2.05, 4.69) is 25.8 Å². The molecule has 1 heterocycles. The highest BCUT2D eigenvalue weighted by Crippen LogP contribution is 2.21. The van der Waals surface area contributed by atoms with Gasteiger partial charge in [-0.15, -0.1) is 0 Å². The second-order valence-electron chi connectivity index (χ2n) is 7.58. The van der Waals surface area contributed by atoms with Gasteiger partial charge in [-0.2, -0.15) is 0 Å². The lowest BCUT2D eigenvalue weighted by atomic mass is 10.0. The second-order valence-corrected chi connectivity index (χ2v) is 7.58. The van der Waals surface area contributed by atoms with Crippen molar-refractivity contribution in [2.45, 2.75) is 19.5 Å². The molecule has 1 aliphatic rings. The number of benzene rings is 2. The average Bonchev–Trinajstić information content (AvgIpc) is 2.83. The van der Waals surface area contributed by atoms with Crippen LogP contribution in [0.15, 0.2) is 53.5 Å². The van der Waals surface area contributed by atoms with E-state index in [0.29, 0.717) is 44.4 Å². The summed E-state index contributed by atoms with van der Waals surface area (Å²) in [4.78, 5) is 18.6. The molecule has 0 spiro atoms. The second kappa shape index (κ2) is 12.2. The summed E-state index contributed by atoms with van der Waals surface area (Å²) < 4.78 is 18.9. The third kappa shape index (κ3) is 6.77. The van der Waals surface area contributed by atoms with Crippen molar-refractivity contribution in [1.29, 1.82) is 0 Å². The highest BCUT2D eigenvalue weighted by Gasteiger charge is 2.23. The zero-order chi connectivity index (χ0) is 22.8. The first-order valence-electron chi connectivity index (χ1n) is 11.0. The van der Waals surface area contributed by atoms with Crippen molar-refractivity contribution in [3.05, 3.63) is 71.0 Å². The predicted octanol–water partition coefficient (Wildman–Crippen LogP) is 2.31. The maximum atomic E-state index is 13.4. The van der Waals surface area contributed by atoms with Crippen LogP contribution >= 0.6 is 0 Å². The number of rotatable bonds is 8. The first-order chi connectivity index (χ1) is 15.6. The number of carbonyl (C=O) groups is 1. The fourth-order valence-corrected chi connectivity index (χ4v) is 3.67. The first kappa shape index (κ1) is 23.7. The topological polar surface area (TPSA) is 78.0 Å². The summed E-state index contributed by atoms with van der Waals surface area (Å²) >= 11 is 0. The largest absolute Gasteiger partial charge is 0.379 e. The number of hydrogen-bond donors (Lipinski definition) is 3. The van der Waals surface area contributed by atoms with Crippen LogP contribution in [0.5, 0.6) is 0 Å². The van der Waals surface area contributed by atoms with Crippen molar-refractivity contribution < 1.29 is 13.9 Å². The van der Waals surface area contributed by atoms with E-state index in [1.54, 1.807) is 7.05 Å². The van der Waals surface area contributed by atoms with Crippen LogP contribution in [0, 0.1) is 5.82 Å². The molecule has 0 saturated carbocycles. The number of ether oxygens (including phenoxy) is 1. The fraction of sp³-hybridized carbons (Fsp3) is 0.417. The quantitative estimate of drug-likeness (QED) is 0.433. The molecule has 2 aromatic carbocycles. The minimum Gasteiger partial charge on any atom is -0.379 e. The summed E-state index contributed by atoms with van der Waals surface area (Å²) in [5, 5.41) is 9.50. The highest BCUT2D eigenvalue weighted by atomic mass is 19.1. The van der Waals surface area contributed by atoms with Crippen LogP contribution < -0.4 is 16.0 Å². The van der Waals surface area contributed by atoms with Crippen molar-refractivity contribution in [1.82, 2.24) is 20.9 Å². The summed E-state index contributed by atoms with van der Waals surface area (Å²) in [6.07, 6.45) is 0. The zero-order valence-corrected chi connectivity index (χ0v) is 18.7. The lowest BCUT2D eigenvalue weighted by molar-refractivity contribution is 0.0170. The Morgan fingerprint density at radius 2 is 1.75 bits per heavy atom. The van der Waals surface area contributed by atoms with Gasteiger partial charge in [-0.05, 0) is 42.3 Å². The number of nitrogens with zero attached hydrogens (tertiary/aromatic N) is 2.